The highest BCUT2D eigenvalue weighted by molar-refractivity contribution is 6.33. The Morgan fingerprint density at radius 3 is 2.60 bits per heavy atom. The summed E-state index contributed by atoms with van der Waals surface area (Å²) >= 11 is 5.94. The number of benzene rings is 1. The first-order chi connectivity index (χ1) is 11.9. The van der Waals surface area contributed by atoms with E-state index in [1.54, 1.807) is 24.3 Å². The molecule has 0 saturated heterocycles. The Balaban J connectivity index is 1.88. The zero-order valence-electron chi connectivity index (χ0n) is 13.6. The van der Waals surface area contributed by atoms with Gasteiger partial charge in [-0.05, 0) is 31.2 Å². The van der Waals surface area contributed by atoms with Crippen LogP contribution >= 0.6 is 11.6 Å². The van der Waals surface area contributed by atoms with Gasteiger partial charge in [-0.15, -0.1) is 0 Å². The van der Waals surface area contributed by atoms with Gasteiger partial charge in [-0.1, -0.05) is 23.7 Å². The number of carbonyl (C=O) groups excluding carboxylic acids is 3. The van der Waals surface area contributed by atoms with Crippen LogP contribution in [-0.4, -0.2) is 31.0 Å². The molecule has 0 unspecified atom stereocenters. The molecule has 0 radical (unpaired) electrons. The molecular weight excluding hydrogens is 350 g/mol. The third kappa shape index (κ3) is 4.84. The Labute approximate surface area is 148 Å². The number of hydrogen-bond donors (Lipinski definition) is 1. The number of rotatable bonds is 6. The Morgan fingerprint density at radius 2 is 1.92 bits per heavy atom. The first-order valence-corrected chi connectivity index (χ1v) is 7.69. The summed E-state index contributed by atoms with van der Waals surface area (Å²) in [5, 5.41) is 2.79. The summed E-state index contributed by atoms with van der Waals surface area (Å²) in [6, 6.07) is 8.51. The van der Waals surface area contributed by atoms with E-state index in [0.29, 0.717) is 0 Å². The molecule has 1 N–H and O–H groups in total. The number of furan rings is 1. The molecule has 0 aliphatic heterocycles. The topological polar surface area (TPSA) is 94.8 Å². The Kier molecular flexibility index (Phi) is 6.19. The van der Waals surface area contributed by atoms with Crippen molar-refractivity contribution in [1.29, 1.82) is 0 Å². The second-order valence-corrected chi connectivity index (χ2v) is 5.45. The SMILES string of the molecule is COC(=O)c1ccc(COC(=O)[C@H](C)NC(=O)c2ccccc2Cl)o1. The van der Waals surface area contributed by atoms with Gasteiger partial charge >= 0.3 is 11.9 Å². The highest BCUT2D eigenvalue weighted by Crippen LogP contribution is 2.15. The summed E-state index contributed by atoms with van der Waals surface area (Å²) in [6.45, 7) is 1.31. The van der Waals surface area contributed by atoms with Gasteiger partial charge in [-0.25, -0.2) is 9.59 Å². The molecule has 0 saturated carbocycles. The molecule has 25 heavy (non-hydrogen) atoms. The standard InChI is InChI=1S/C17H16ClNO6/c1-10(19-15(20)12-5-3-4-6-13(12)18)16(21)24-9-11-7-8-14(25-11)17(22)23-2/h3-8,10H,9H2,1-2H3,(H,19,20)/t10-/m0/s1. The third-order valence-electron chi connectivity index (χ3n) is 3.22. The summed E-state index contributed by atoms with van der Waals surface area (Å²) in [4.78, 5) is 35.3. The van der Waals surface area contributed by atoms with Crippen LogP contribution < -0.4 is 5.32 Å². The molecule has 1 amide bonds. The summed E-state index contributed by atoms with van der Waals surface area (Å²) in [5.41, 5.74) is 0.262. The van der Waals surface area contributed by atoms with Crippen LogP contribution in [0.4, 0.5) is 0 Å². The highest BCUT2D eigenvalue weighted by atomic mass is 35.5. The number of nitrogens with one attached hydrogen (secondary N) is 1. The number of amides is 1. The lowest BCUT2D eigenvalue weighted by Gasteiger charge is -2.13. The molecule has 2 rings (SSSR count). The fourth-order valence-electron chi connectivity index (χ4n) is 1.91. The molecule has 132 valence electrons. The largest absolute Gasteiger partial charge is 0.463 e. The highest BCUT2D eigenvalue weighted by Gasteiger charge is 2.20. The predicted octanol–water partition coefficient (Wildman–Crippen LogP) is 2.58. The maximum Gasteiger partial charge on any atom is 0.373 e. The lowest BCUT2D eigenvalue weighted by molar-refractivity contribution is -0.147. The van der Waals surface area contributed by atoms with Crippen LogP contribution in [0, 0.1) is 0 Å². The van der Waals surface area contributed by atoms with Crippen molar-refractivity contribution in [3.05, 3.63) is 58.5 Å². The number of hydrogen-bond acceptors (Lipinski definition) is 6. The van der Waals surface area contributed by atoms with E-state index in [1.807, 2.05) is 0 Å². The molecule has 0 spiro atoms. The number of methoxy groups -OCH3 is 1. The molecule has 8 heteroatoms. The molecule has 0 bridgehead atoms. The minimum Gasteiger partial charge on any atom is -0.463 e. The lowest BCUT2D eigenvalue weighted by atomic mass is 10.2. The van der Waals surface area contributed by atoms with Crippen molar-refractivity contribution in [2.75, 3.05) is 7.11 Å². The molecule has 1 aromatic carbocycles. The smallest absolute Gasteiger partial charge is 0.373 e. The first kappa shape index (κ1) is 18.5. The minimum absolute atomic E-state index is 0.00798. The predicted molar refractivity (Wildman–Crippen MR) is 88.2 cm³/mol. The monoisotopic (exact) mass is 365 g/mol. The molecule has 1 atom stereocenters. The molecule has 1 heterocycles. The van der Waals surface area contributed by atoms with Crippen LogP contribution in [0.15, 0.2) is 40.8 Å². The molecule has 2 aromatic rings. The Morgan fingerprint density at radius 1 is 1.20 bits per heavy atom. The second-order valence-electron chi connectivity index (χ2n) is 5.04. The van der Waals surface area contributed by atoms with Crippen molar-refractivity contribution < 1.29 is 28.3 Å². The minimum atomic E-state index is -0.890. The van der Waals surface area contributed by atoms with E-state index < -0.39 is 23.9 Å². The van der Waals surface area contributed by atoms with Gasteiger partial charge in [0.25, 0.3) is 5.91 Å². The summed E-state index contributed by atoms with van der Waals surface area (Å²) in [5.74, 6) is -1.48. The van der Waals surface area contributed by atoms with E-state index >= 15 is 0 Å². The molecular formula is C17H16ClNO6. The summed E-state index contributed by atoms with van der Waals surface area (Å²) in [7, 11) is 1.23. The zero-order chi connectivity index (χ0) is 18.4. The van der Waals surface area contributed by atoms with Crippen LogP contribution in [0.3, 0.4) is 0 Å². The number of halogens is 1. The van der Waals surface area contributed by atoms with Crippen LogP contribution in [0.25, 0.3) is 0 Å². The Hall–Kier alpha value is -2.80. The van der Waals surface area contributed by atoms with Gasteiger partial charge in [0.05, 0.1) is 17.7 Å². The van der Waals surface area contributed by atoms with Crippen molar-refractivity contribution in [1.82, 2.24) is 5.32 Å². The van der Waals surface area contributed by atoms with E-state index in [1.165, 1.54) is 26.2 Å². The summed E-state index contributed by atoms with van der Waals surface area (Å²) in [6.07, 6.45) is 0. The average Bonchev–Trinajstić information content (AvgIpc) is 3.08. The van der Waals surface area contributed by atoms with Gasteiger partial charge in [0, 0.05) is 0 Å². The van der Waals surface area contributed by atoms with Crippen molar-refractivity contribution in [2.24, 2.45) is 0 Å². The van der Waals surface area contributed by atoms with Crippen molar-refractivity contribution in [3.8, 4) is 0 Å². The maximum atomic E-state index is 12.1. The molecule has 0 aliphatic carbocycles. The van der Waals surface area contributed by atoms with Gasteiger partial charge in [-0.2, -0.15) is 0 Å². The number of esters is 2. The van der Waals surface area contributed by atoms with Crippen molar-refractivity contribution >= 4 is 29.4 Å². The van der Waals surface area contributed by atoms with Gasteiger partial charge < -0.3 is 19.2 Å². The number of carbonyl (C=O) groups is 3. The van der Waals surface area contributed by atoms with E-state index in [4.69, 9.17) is 20.8 Å². The first-order valence-electron chi connectivity index (χ1n) is 7.31. The van der Waals surface area contributed by atoms with E-state index in [-0.39, 0.29) is 28.7 Å². The molecule has 7 nitrogen and oxygen atoms in total. The number of ether oxygens (including phenoxy) is 2. The van der Waals surface area contributed by atoms with Gasteiger partial charge in [0.15, 0.2) is 0 Å². The maximum absolute atomic E-state index is 12.1. The average molecular weight is 366 g/mol. The van der Waals surface area contributed by atoms with Crippen LogP contribution in [-0.2, 0) is 20.9 Å². The van der Waals surface area contributed by atoms with Crippen molar-refractivity contribution in [2.45, 2.75) is 19.6 Å². The Bertz CT molecular complexity index is 785. The fourth-order valence-corrected chi connectivity index (χ4v) is 2.13. The van der Waals surface area contributed by atoms with E-state index in [2.05, 4.69) is 10.1 Å². The van der Waals surface area contributed by atoms with Gasteiger partial charge in [0.2, 0.25) is 5.76 Å². The third-order valence-corrected chi connectivity index (χ3v) is 3.55. The van der Waals surface area contributed by atoms with Crippen LogP contribution in [0.5, 0.6) is 0 Å². The van der Waals surface area contributed by atoms with Crippen LogP contribution in [0.1, 0.15) is 33.6 Å². The lowest BCUT2D eigenvalue weighted by Crippen LogP contribution is -2.39. The van der Waals surface area contributed by atoms with Crippen molar-refractivity contribution in [3.63, 3.8) is 0 Å². The normalized spacial score (nSPS) is 11.5. The molecule has 0 fully saturated rings. The van der Waals surface area contributed by atoms with Crippen LogP contribution in [0.2, 0.25) is 5.02 Å². The summed E-state index contributed by atoms with van der Waals surface area (Å²) < 4.78 is 14.7. The molecule has 1 aromatic heterocycles. The fraction of sp³-hybridized carbons (Fsp3) is 0.235. The van der Waals surface area contributed by atoms with Gasteiger partial charge in [-0.3, -0.25) is 4.79 Å². The van der Waals surface area contributed by atoms with Gasteiger partial charge in [0.1, 0.15) is 18.4 Å². The quantitative estimate of drug-likeness (QED) is 0.790. The molecule has 0 aliphatic rings. The zero-order valence-corrected chi connectivity index (χ0v) is 14.3. The van der Waals surface area contributed by atoms with E-state index in [9.17, 15) is 14.4 Å². The second kappa shape index (κ2) is 8.34. The van der Waals surface area contributed by atoms with E-state index in [0.717, 1.165) is 0 Å².